The minimum Gasteiger partial charge on any atom is -0.506 e. The summed E-state index contributed by atoms with van der Waals surface area (Å²) in [5.74, 6) is -0.0519. The number of nitrogens with zero attached hydrogens (tertiary/aromatic N) is 2. The van der Waals surface area contributed by atoms with Crippen molar-refractivity contribution in [3.8, 4) is 5.75 Å². The fraction of sp³-hybridized carbons (Fsp3) is 0. The van der Waals surface area contributed by atoms with Crippen LogP contribution in [0, 0.1) is 0 Å². The van der Waals surface area contributed by atoms with Crippen molar-refractivity contribution in [3.63, 3.8) is 0 Å². The van der Waals surface area contributed by atoms with Crippen LogP contribution >= 0.6 is 11.8 Å². The second kappa shape index (κ2) is 7.68. The summed E-state index contributed by atoms with van der Waals surface area (Å²) in [7, 11) is -3.82. The predicted molar refractivity (Wildman–Crippen MR) is 106 cm³/mol. The van der Waals surface area contributed by atoms with Gasteiger partial charge in [0, 0.05) is 11.1 Å². The van der Waals surface area contributed by atoms with Gasteiger partial charge in [0.15, 0.2) is 5.16 Å². The number of aromatic nitrogens is 3. The van der Waals surface area contributed by atoms with Crippen molar-refractivity contribution in [2.24, 2.45) is 0 Å². The number of phenols is 1. The zero-order valence-corrected chi connectivity index (χ0v) is 15.7. The minimum absolute atomic E-state index is 0.0519. The molecule has 7 nitrogen and oxygen atoms in total. The highest BCUT2D eigenvalue weighted by Crippen LogP contribution is 2.41. The fourth-order valence-corrected chi connectivity index (χ4v) is 4.30. The van der Waals surface area contributed by atoms with Crippen LogP contribution in [0.4, 0.5) is 5.69 Å². The van der Waals surface area contributed by atoms with Crippen LogP contribution in [0.2, 0.25) is 0 Å². The molecule has 2 aromatic carbocycles. The van der Waals surface area contributed by atoms with Crippen molar-refractivity contribution >= 4 is 39.6 Å². The Morgan fingerprint density at radius 2 is 1.85 bits per heavy atom. The van der Waals surface area contributed by atoms with Crippen LogP contribution < -0.4 is 4.72 Å². The number of hydrogen-bond acceptors (Lipinski definition) is 6. The van der Waals surface area contributed by atoms with Crippen LogP contribution in [0.25, 0.3) is 12.2 Å². The van der Waals surface area contributed by atoms with Gasteiger partial charge in [-0.15, -0.1) is 0 Å². The molecule has 9 heteroatoms. The number of hydrogen-bond donors (Lipinski definition) is 3. The maximum absolute atomic E-state index is 12.7. The molecular weight excluding hydrogens is 384 g/mol. The molecule has 138 valence electrons. The van der Waals surface area contributed by atoms with Crippen LogP contribution in [0.1, 0.15) is 11.1 Å². The second-order valence-electron chi connectivity index (χ2n) is 5.32. The molecule has 3 rings (SSSR count). The fourth-order valence-electron chi connectivity index (χ4n) is 2.42. The molecule has 27 heavy (non-hydrogen) atoms. The molecule has 1 aromatic heterocycles. The van der Waals surface area contributed by atoms with Crippen LogP contribution in [-0.4, -0.2) is 28.7 Å². The maximum atomic E-state index is 12.7. The number of nitrogens with one attached hydrogen (secondary N) is 2. The molecule has 3 aromatic rings. The van der Waals surface area contributed by atoms with Gasteiger partial charge in [0.2, 0.25) is 0 Å². The summed E-state index contributed by atoms with van der Waals surface area (Å²) in [4.78, 5) is 4.51. The summed E-state index contributed by atoms with van der Waals surface area (Å²) in [5, 5.41) is 17.4. The first-order chi connectivity index (χ1) is 13.0. The van der Waals surface area contributed by atoms with Gasteiger partial charge in [0.25, 0.3) is 10.0 Å². The quantitative estimate of drug-likeness (QED) is 0.521. The molecule has 0 saturated carbocycles. The Hall–Kier alpha value is -3.04. The third-order valence-electron chi connectivity index (χ3n) is 3.65. The minimum atomic E-state index is -3.82. The highest BCUT2D eigenvalue weighted by atomic mass is 32.2. The number of phenolic OH excluding ortho intramolecular Hbond substituents is 1. The second-order valence-corrected chi connectivity index (χ2v) is 8.03. The average molecular weight is 400 g/mol. The molecule has 0 aliphatic carbocycles. The molecule has 0 fully saturated rings. The highest BCUT2D eigenvalue weighted by molar-refractivity contribution is 7.99. The van der Waals surface area contributed by atoms with Gasteiger partial charge in [0.1, 0.15) is 12.1 Å². The lowest BCUT2D eigenvalue weighted by atomic mass is 10.0. The molecule has 0 aliphatic rings. The molecule has 0 unspecified atom stereocenters. The summed E-state index contributed by atoms with van der Waals surface area (Å²) in [6, 6.07) is 9.52. The molecule has 0 atom stereocenters. The summed E-state index contributed by atoms with van der Waals surface area (Å²) in [6.07, 6.45) is 4.24. The Labute approximate surface area is 160 Å². The van der Waals surface area contributed by atoms with Crippen molar-refractivity contribution in [2.45, 2.75) is 14.9 Å². The van der Waals surface area contributed by atoms with Crippen molar-refractivity contribution < 1.29 is 13.5 Å². The van der Waals surface area contributed by atoms with E-state index in [9.17, 15) is 13.5 Å². The van der Waals surface area contributed by atoms with Gasteiger partial charge in [-0.1, -0.05) is 43.5 Å². The van der Waals surface area contributed by atoms with Crippen molar-refractivity contribution in [1.29, 1.82) is 0 Å². The number of sulfonamides is 1. The third-order valence-corrected chi connectivity index (χ3v) is 5.95. The number of aromatic hydroxyl groups is 1. The zero-order chi connectivity index (χ0) is 19.4. The van der Waals surface area contributed by atoms with E-state index in [4.69, 9.17) is 0 Å². The summed E-state index contributed by atoms with van der Waals surface area (Å²) < 4.78 is 28.0. The van der Waals surface area contributed by atoms with Crippen LogP contribution in [0.5, 0.6) is 5.75 Å². The van der Waals surface area contributed by atoms with Crippen molar-refractivity contribution in [1.82, 2.24) is 15.2 Å². The first-order valence-electron chi connectivity index (χ1n) is 7.72. The van der Waals surface area contributed by atoms with Gasteiger partial charge < -0.3 is 5.11 Å². The molecule has 0 spiro atoms. The van der Waals surface area contributed by atoms with E-state index in [-0.39, 0.29) is 16.3 Å². The van der Waals surface area contributed by atoms with E-state index >= 15 is 0 Å². The Morgan fingerprint density at radius 1 is 1.15 bits per heavy atom. The van der Waals surface area contributed by atoms with E-state index in [1.807, 2.05) is 0 Å². The van der Waals surface area contributed by atoms with E-state index in [0.29, 0.717) is 21.2 Å². The van der Waals surface area contributed by atoms with E-state index in [1.165, 1.54) is 36.7 Å². The topological polar surface area (TPSA) is 108 Å². The van der Waals surface area contributed by atoms with Crippen LogP contribution in [0.15, 0.2) is 70.8 Å². The number of rotatable bonds is 7. The largest absolute Gasteiger partial charge is 0.506 e. The van der Waals surface area contributed by atoms with Crippen molar-refractivity contribution in [3.05, 3.63) is 67.0 Å². The first-order valence-corrected chi connectivity index (χ1v) is 10.0. The number of benzene rings is 2. The SMILES string of the molecule is C=Cc1c(NS(=O)(=O)c2ccccc2)cc(Sc2ncn[nH]2)c(O)c1C=C. The Bertz CT molecular complexity index is 1080. The lowest BCUT2D eigenvalue weighted by molar-refractivity contribution is 0.461. The first kappa shape index (κ1) is 18.7. The Kier molecular flexibility index (Phi) is 5.33. The molecule has 1 heterocycles. The van der Waals surface area contributed by atoms with E-state index < -0.39 is 10.0 Å². The van der Waals surface area contributed by atoms with Gasteiger partial charge in [-0.3, -0.25) is 9.82 Å². The molecule has 3 N–H and O–H groups in total. The number of aromatic amines is 1. The standard InChI is InChI=1S/C18H16N4O3S2/c1-3-13-14(4-2)17(23)16(26-18-19-11-20-21-18)10-15(13)22-27(24,25)12-8-6-5-7-9-12/h3-11,22-23H,1-2H2,(H,19,20,21). The van der Waals surface area contributed by atoms with Gasteiger partial charge in [-0.05, 0) is 30.0 Å². The van der Waals surface area contributed by atoms with Gasteiger partial charge in [-0.2, -0.15) is 5.10 Å². The highest BCUT2D eigenvalue weighted by Gasteiger charge is 2.20. The molecule has 0 amide bonds. The lowest BCUT2D eigenvalue weighted by Gasteiger charge is -2.16. The van der Waals surface area contributed by atoms with Gasteiger partial charge in [0.05, 0.1) is 15.5 Å². The van der Waals surface area contributed by atoms with Gasteiger partial charge in [-0.25, -0.2) is 13.4 Å². The molecular formula is C18H16N4O3S2. The van der Waals surface area contributed by atoms with Crippen LogP contribution in [-0.2, 0) is 10.0 Å². The normalized spacial score (nSPS) is 11.1. The Morgan fingerprint density at radius 3 is 2.44 bits per heavy atom. The summed E-state index contributed by atoms with van der Waals surface area (Å²) in [6.45, 7) is 7.42. The molecule has 0 bridgehead atoms. The van der Waals surface area contributed by atoms with Crippen LogP contribution in [0.3, 0.4) is 0 Å². The van der Waals surface area contributed by atoms with E-state index in [1.54, 1.807) is 18.2 Å². The number of anilines is 1. The van der Waals surface area contributed by atoms with Crippen molar-refractivity contribution in [2.75, 3.05) is 4.72 Å². The van der Waals surface area contributed by atoms with Gasteiger partial charge >= 0.3 is 0 Å². The smallest absolute Gasteiger partial charge is 0.261 e. The molecule has 0 radical (unpaired) electrons. The summed E-state index contributed by atoms with van der Waals surface area (Å²) in [5.41, 5.74) is 1.05. The summed E-state index contributed by atoms with van der Waals surface area (Å²) >= 11 is 1.11. The predicted octanol–water partition coefficient (Wildman–Crippen LogP) is 3.75. The third kappa shape index (κ3) is 3.88. The zero-order valence-electron chi connectivity index (χ0n) is 14.1. The monoisotopic (exact) mass is 400 g/mol. The average Bonchev–Trinajstić information content (AvgIpc) is 3.17. The molecule has 0 saturated heterocycles. The Balaban J connectivity index is 2.10. The lowest BCUT2D eigenvalue weighted by Crippen LogP contribution is -2.14. The number of H-pyrrole nitrogens is 1. The van der Waals surface area contributed by atoms with E-state index in [0.717, 1.165) is 11.8 Å². The molecule has 0 aliphatic heterocycles. The van der Waals surface area contributed by atoms with E-state index in [2.05, 4.69) is 33.1 Å². The maximum Gasteiger partial charge on any atom is 0.261 e.